The van der Waals surface area contributed by atoms with Gasteiger partial charge in [0.1, 0.15) is 5.82 Å². The van der Waals surface area contributed by atoms with Gasteiger partial charge in [-0.1, -0.05) is 18.6 Å². The highest BCUT2D eigenvalue weighted by molar-refractivity contribution is 7.90. The van der Waals surface area contributed by atoms with Gasteiger partial charge in [0.25, 0.3) is 5.91 Å². The molecule has 2 aromatic heterocycles. The number of aromatic nitrogens is 2. The van der Waals surface area contributed by atoms with E-state index < -0.39 is 9.84 Å². The number of carbonyl (C=O) groups is 1. The number of nitrogens with one attached hydrogen (secondary N) is 1. The van der Waals surface area contributed by atoms with Gasteiger partial charge in [0.05, 0.1) is 5.69 Å². The molecular weight excluding hydrogens is 409 g/mol. The Morgan fingerprint density at radius 2 is 1.97 bits per heavy atom. The number of hydrogen-bond donors (Lipinski definition) is 1. The minimum Gasteiger partial charge on any atom is -0.440 e. The van der Waals surface area contributed by atoms with Crippen LogP contribution in [0.1, 0.15) is 35.5 Å². The van der Waals surface area contributed by atoms with Crippen LogP contribution in [0.25, 0.3) is 11.3 Å². The van der Waals surface area contributed by atoms with Crippen molar-refractivity contribution in [1.29, 1.82) is 0 Å². The van der Waals surface area contributed by atoms with E-state index in [0.717, 1.165) is 43.2 Å². The quantitative estimate of drug-likeness (QED) is 0.519. The molecule has 1 amide bonds. The van der Waals surface area contributed by atoms with Crippen LogP contribution in [-0.4, -0.2) is 49.3 Å². The number of nitrogens with zero attached hydrogens (tertiary/aromatic N) is 2. The summed E-state index contributed by atoms with van der Waals surface area (Å²) in [4.78, 5) is 13.8. The fraction of sp³-hybridized carbons (Fsp3) is 0.333. The highest BCUT2D eigenvalue weighted by Gasteiger charge is 2.19. The van der Waals surface area contributed by atoms with Crippen molar-refractivity contribution in [2.24, 2.45) is 0 Å². The summed E-state index contributed by atoms with van der Waals surface area (Å²) < 4.78 is 41.4. The van der Waals surface area contributed by atoms with E-state index in [1.165, 1.54) is 29.2 Å². The molecule has 0 saturated heterocycles. The first-order valence-electron chi connectivity index (χ1n) is 9.59. The van der Waals surface area contributed by atoms with Gasteiger partial charge in [0.15, 0.2) is 5.76 Å². The molecule has 0 aliphatic heterocycles. The van der Waals surface area contributed by atoms with Crippen LogP contribution in [0.4, 0.5) is 4.39 Å². The second-order valence-corrected chi connectivity index (χ2v) is 9.16. The number of hydrogen-bond acceptors (Lipinski definition) is 5. The smallest absolute Gasteiger partial charge is 0.289 e. The molecule has 1 aromatic carbocycles. The molecule has 0 bridgehead atoms. The lowest BCUT2D eigenvalue weighted by Crippen LogP contribution is -2.27. The number of benzene rings is 1. The zero-order valence-corrected chi connectivity index (χ0v) is 17.7. The Bertz CT molecular complexity index is 1120. The minimum absolute atomic E-state index is 0.0141. The summed E-state index contributed by atoms with van der Waals surface area (Å²) in [5, 5.41) is 7.00. The largest absolute Gasteiger partial charge is 0.440 e. The molecule has 1 N–H and O–H groups in total. The van der Waals surface area contributed by atoms with Crippen molar-refractivity contribution in [3.63, 3.8) is 0 Å². The lowest BCUT2D eigenvalue weighted by atomic mass is 10.1. The summed E-state index contributed by atoms with van der Waals surface area (Å²) in [5.74, 6) is -0.628. The van der Waals surface area contributed by atoms with Gasteiger partial charge in [-0.2, -0.15) is 5.10 Å². The summed E-state index contributed by atoms with van der Waals surface area (Å²) in [6.45, 7) is 0.533. The number of H-pyrrole nitrogens is 1. The third-order valence-corrected chi connectivity index (χ3v) is 5.65. The van der Waals surface area contributed by atoms with Crippen molar-refractivity contribution >= 4 is 15.7 Å². The summed E-state index contributed by atoms with van der Waals surface area (Å²) in [7, 11) is -1.82. The van der Waals surface area contributed by atoms with Crippen LogP contribution in [0.2, 0.25) is 0 Å². The highest BCUT2D eigenvalue weighted by atomic mass is 32.2. The first-order valence-corrected chi connectivity index (χ1v) is 11.5. The molecule has 0 aliphatic carbocycles. The normalized spacial score (nSPS) is 11.6. The van der Waals surface area contributed by atoms with Crippen molar-refractivity contribution < 1.29 is 22.0 Å². The van der Waals surface area contributed by atoms with Crippen LogP contribution in [0, 0.1) is 5.82 Å². The molecule has 0 radical (unpaired) electrons. The van der Waals surface area contributed by atoms with E-state index in [1.54, 1.807) is 13.1 Å². The molecular formula is C21H24FN3O4S. The van der Waals surface area contributed by atoms with Crippen LogP contribution < -0.4 is 0 Å². The van der Waals surface area contributed by atoms with E-state index in [9.17, 15) is 17.6 Å². The standard InChI is InChI=1S/C21H24FN3O4S/c1-25(21(26)19-10-11-20(29-19)30(2,27)28)12-5-3-4-9-17-14-18(24-23-17)15-7-6-8-16(22)13-15/h6-8,10-11,13-14H,3-5,9,12H2,1-2H3,(H,23,24). The molecule has 3 rings (SSSR count). The van der Waals surface area contributed by atoms with E-state index in [4.69, 9.17) is 4.42 Å². The number of unbranched alkanes of at least 4 members (excludes halogenated alkanes) is 2. The Morgan fingerprint density at radius 3 is 2.67 bits per heavy atom. The second kappa shape index (κ2) is 9.25. The van der Waals surface area contributed by atoms with Crippen LogP contribution in [0.15, 0.2) is 52.0 Å². The number of carbonyl (C=O) groups excluding carboxylic acids is 1. The number of rotatable bonds is 9. The van der Waals surface area contributed by atoms with E-state index >= 15 is 0 Å². The summed E-state index contributed by atoms with van der Waals surface area (Å²) in [6.07, 6.45) is 4.44. The van der Waals surface area contributed by atoms with Gasteiger partial charge in [0, 0.05) is 31.1 Å². The maximum Gasteiger partial charge on any atom is 0.289 e. The third-order valence-electron chi connectivity index (χ3n) is 4.70. The number of aryl methyl sites for hydroxylation is 1. The van der Waals surface area contributed by atoms with Gasteiger partial charge in [-0.3, -0.25) is 9.89 Å². The number of furan rings is 1. The predicted octanol–water partition coefficient (Wildman–Crippen LogP) is 3.70. The SMILES string of the molecule is CN(CCCCCc1cc(-c2cccc(F)c2)n[nH]1)C(=O)c1ccc(S(C)(=O)=O)o1. The van der Waals surface area contributed by atoms with Crippen LogP contribution >= 0.6 is 0 Å². The molecule has 30 heavy (non-hydrogen) atoms. The van der Waals surface area contributed by atoms with Crippen molar-refractivity contribution in [2.45, 2.75) is 30.8 Å². The molecule has 2 heterocycles. The monoisotopic (exact) mass is 433 g/mol. The van der Waals surface area contributed by atoms with E-state index in [1.807, 2.05) is 12.1 Å². The van der Waals surface area contributed by atoms with Crippen molar-refractivity contribution in [1.82, 2.24) is 15.1 Å². The first-order chi connectivity index (χ1) is 14.2. The molecule has 7 nitrogen and oxygen atoms in total. The van der Waals surface area contributed by atoms with Crippen LogP contribution in [-0.2, 0) is 16.3 Å². The van der Waals surface area contributed by atoms with Gasteiger partial charge in [-0.15, -0.1) is 0 Å². The molecule has 0 unspecified atom stereocenters. The van der Waals surface area contributed by atoms with Gasteiger partial charge in [-0.25, -0.2) is 12.8 Å². The number of sulfone groups is 1. The van der Waals surface area contributed by atoms with Crippen molar-refractivity contribution in [2.75, 3.05) is 19.8 Å². The fourth-order valence-corrected chi connectivity index (χ4v) is 3.61. The summed E-state index contributed by atoms with van der Waals surface area (Å²) in [6, 6.07) is 10.9. The summed E-state index contributed by atoms with van der Waals surface area (Å²) >= 11 is 0. The Labute approximate surface area is 174 Å². The Hall–Kier alpha value is -2.94. The van der Waals surface area contributed by atoms with Gasteiger partial charge >= 0.3 is 0 Å². The molecule has 9 heteroatoms. The molecule has 160 valence electrons. The average molecular weight is 434 g/mol. The third kappa shape index (κ3) is 5.56. The van der Waals surface area contributed by atoms with E-state index in [-0.39, 0.29) is 22.6 Å². The molecule has 3 aromatic rings. The molecule has 0 aliphatic rings. The Morgan fingerprint density at radius 1 is 1.17 bits per heavy atom. The Kier molecular flexibility index (Phi) is 6.71. The van der Waals surface area contributed by atoms with Gasteiger partial charge < -0.3 is 9.32 Å². The first kappa shape index (κ1) is 21.8. The fourth-order valence-electron chi connectivity index (χ4n) is 3.05. The summed E-state index contributed by atoms with van der Waals surface area (Å²) in [5.41, 5.74) is 2.42. The van der Waals surface area contributed by atoms with Gasteiger partial charge in [0.2, 0.25) is 14.9 Å². The lowest BCUT2D eigenvalue weighted by Gasteiger charge is -2.15. The van der Waals surface area contributed by atoms with Crippen molar-refractivity contribution in [3.8, 4) is 11.3 Å². The van der Waals surface area contributed by atoms with E-state index in [2.05, 4.69) is 10.2 Å². The van der Waals surface area contributed by atoms with Crippen LogP contribution in [0.3, 0.4) is 0 Å². The lowest BCUT2D eigenvalue weighted by molar-refractivity contribution is 0.0755. The molecule has 0 spiro atoms. The zero-order chi connectivity index (χ0) is 21.7. The number of aromatic amines is 1. The number of amides is 1. The maximum absolute atomic E-state index is 13.3. The maximum atomic E-state index is 13.3. The average Bonchev–Trinajstić information content (AvgIpc) is 3.36. The highest BCUT2D eigenvalue weighted by Crippen LogP contribution is 2.19. The predicted molar refractivity (Wildman–Crippen MR) is 110 cm³/mol. The zero-order valence-electron chi connectivity index (χ0n) is 16.9. The molecule has 0 saturated carbocycles. The Balaban J connectivity index is 1.42. The van der Waals surface area contributed by atoms with Crippen molar-refractivity contribution in [3.05, 3.63) is 59.7 Å². The molecule has 0 atom stereocenters. The second-order valence-electron chi connectivity index (χ2n) is 7.22. The van der Waals surface area contributed by atoms with E-state index in [0.29, 0.717) is 12.2 Å². The minimum atomic E-state index is -3.47. The molecule has 0 fully saturated rings. The topological polar surface area (TPSA) is 96.3 Å². The number of halogens is 1. The van der Waals surface area contributed by atoms with Crippen LogP contribution in [0.5, 0.6) is 0 Å². The van der Waals surface area contributed by atoms with Gasteiger partial charge in [-0.05, 0) is 49.6 Å².